The van der Waals surface area contributed by atoms with Crippen molar-refractivity contribution in [3.63, 3.8) is 0 Å². The van der Waals surface area contributed by atoms with E-state index >= 15 is 0 Å². The first-order valence-electron chi connectivity index (χ1n) is 7.12. The molecule has 1 saturated heterocycles. The van der Waals surface area contributed by atoms with Gasteiger partial charge in [0.15, 0.2) is 0 Å². The molecule has 23 heavy (non-hydrogen) atoms. The number of likely N-dealkylation sites (N-methyl/N-ethyl adjacent to an activating group) is 1. The zero-order valence-electron chi connectivity index (χ0n) is 12.7. The summed E-state index contributed by atoms with van der Waals surface area (Å²) in [5.74, 6) is -1.66. The fourth-order valence-corrected chi connectivity index (χ4v) is 2.98. The van der Waals surface area contributed by atoms with Gasteiger partial charge >= 0.3 is 5.97 Å². The normalized spacial score (nSPS) is 18.3. The number of nitrogens with zero attached hydrogens (tertiary/aromatic N) is 2. The predicted molar refractivity (Wildman–Crippen MR) is 84.9 cm³/mol. The Morgan fingerprint density at radius 1 is 1.48 bits per heavy atom. The van der Waals surface area contributed by atoms with E-state index in [-0.39, 0.29) is 24.1 Å². The van der Waals surface area contributed by atoms with Crippen LogP contribution in [0.3, 0.4) is 0 Å². The minimum atomic E-state index is -0.916. The number of hydrogen-bond acceptors (Lipinski definition) is 4. The van der Waals surface area contributed by atoms with E-state index in [4.69, 9.17) is 9.84 Å². The summed E-state index contributed by atoms with van der Waals surface area (Å²) in [7, 11) is 1.68. The van der Waals surface area contributed by atoms with Gasteiger partial charge in [0.1, 0.15) is 5.82 Å². The van der Waals surface area contributed by atoms with Gasteiger partial charge in [0.25, 0.3) is 5.91 Å². The van der Waals surface area contributed by atoms with E-state index in [1.165, 1.54) is 12.1 Å². The monoisotopic (exact) mass is 388 g/mol. The first kappa shape index (κ1) is 17.8. The van der Waals surface area contributed by atoms with E-state index in [1.807, 2.05) is 0 Å². The van der Waals surface area contributed by atoms with Gasteiger partial charge in [-0.15, -0.1) is 0 Å². The highest BCUT2D eigenvalue weighted by molar-refractivity contribution is 9.10. The summed E-state index contributed by atoms with van der Waals surface area (Å²) in [5, 5.41) is 8.77. The standard InChI is InChI=1S/C15H18BrFN2O4/c1-18(9-14(20)21)7-13-8-19(2-3-23-13)15(22)10-4-11(16)6-12(17)5-10/h4-6,13H,2-3,7-9H2,1H3,(H,20,21)/t13-/m0/s1. The summed E-state index contributed by atoms with van der Waals surface area (Å²) in [4.78, 5) is 26.4. The number of aliphatic carboxylic acids is 1. The number of amides is 1. The van der Waals surface area contributed by atoms with Crippen LogP contribution in [-0.4, -0.2) is 72.7 Å². The third-order valence-electron chi connectivity index (χ3n) is 3.46. The molecule has 1 aromatic rings. The predicted octanol–water partition coefficient (Wildman–Crippen LogP) is 1.45. The van der Waals surface area contributed by atoms with E-state index in [1.54, 1.807) is 22.9 Å². The van der Waals surface area contributed by atoms with Crippen LogP contribution in [0.5, 0.6) is 0 Å². The Bertz CT molecular complexity index is 579. The maximum Gasteiger partial charge on any atom is 0.317 e. The number of halogens is 2. The van der Waals surface area contributed by atoms with Crippen molar-refractivity contribution < 1.29 is 23.8 Å². The first-order valence-corrected chi connectivity index (χ1v) is 7.92. The smallest absolute Gasteiger partial charge is 0.317 e. The average Bonchev–Trinajstić information content (AvgIpc) is 2.44. The Kier molecular flexibility index (Phi) is 6.09. The number of carbonyl (C=O) groups excluding carboxylic acids is 1. The Morgan fingerprint density at radius 3 is 2.87 bits per heavy atom. The van der Waals surface area contributed by atoms with Crippen molar-refractivity contribution in [3.8, 4) is 0 Å². The summed E-state index contributed by atoms with van der Waals surface area (Å²) >= 11 is 3.18. The number of carboxylic acids is 1. The van der Waals surface area contributed by atoms with Gasteiger partial charge in [-0.1, -0.05) is 15.9 Å². The molecule has 1 amide bonds. The zero-order chi connectivity index (χ0) is 17.0. The second-order valence-corrected chi connectivity index (χ2v) is 6.41. The van der Waals surface area contributed by atoms with Crippen LogP contribution in [0.1, 0.15) is 10.4 Å². The van der Waals surface area contributed by atoms with E-state index in [0.29, 0.717) is 30.7 Å². The van der Waals surface area contributed by atoms with Gasteiger partial charge in [0.05, 0.1) is 19.3 Å². The van der Waals surface area contributed by atoms with Gasteiger partial charge in [0.2, 0.25) is 0 Å². The second-order valence-electron chi connectivity index (χ2n) is 5.49. The van der Waals surface area contributed by atoms with Crippen molar-refractivity contribution in [3.05, 3.63) is 34.1 Å². The molecule has 0 bridgehead atoms. The van der Waals surface area contributed by atoms with Crippen LogP contribution < -0.4 is 0 Å². The van der Waals surface area contributed by atoms with Crippen LogP contribution in [0, 0.1) is 5.82 Å². The minimum absolute atomic E-state index is 0.0926. The molecule has 1 N–H and O–H groups in total. The lowest BCUT2D eigenvalue weighted by Crippen LogP contribution is -2.49. The van der Waals surface area contributed by atoms with Gasteiger partial charge in [-0.2, -0.15) is 0 Å². The molecule has 0 saturated carbocycles. The third kappa shape index (κ3) is 5.26. The van der Waals surface area contributed by atoms with Gasteiger partial charge in [0, 0.05) is 29.7 Å². The zero-order valence-corrected chi connectivity index (χ0v) is 14.3. The molecule has 0 spiro atoms. The highest BCUT2D eigenvalue weighted by Crippen LogP contribution is 2.18. The summed E-state index contributed by atoms with van der Waals surface area (Å²) in [5.41, 5.74) is 0.274. The third-order valence-corrected chi connectivity index (χ3v) is 3.91. The lowest BCUT2D eigenvalue weighted by Gasteiger charge is -2.34. The van der Waals surface area contributed by atoms with Crippen LogP contribution in [0.15, 0.2) is 22.7 Å². The van der Waals surface area contributed by atoms with Gasteiger partial charge in [-0.05, 0) is 25.2 Å². The molecule has 1 aliphatic rings. The van der Waals surface area contributed by atoms with Gasteiger partial charge in [-0.3, -0.25) is 14.5 Å². The number of carboxylic acid groups (broad SMARTS) is 1. The van der Waals surface area contributed by atoms with Crippen LogP contribution in [0.4, 0.5) is 4.39 Å². The first-order chi connectivity index (χ1) is 10.8. The van der Waals surface area contributed by atoms with Crippen LogP contribution >= 0.6 is 15.9 Å². The molecule has 0 unspecified atom stereocenters. The van der Waals surface area contributed by atoms with Crippen molar-refractivity contribution in [2.24, 2.45) is 0 Å². The van der Waals surface area contributed by atoms with Gasteiger partial charge < -0.3 is 14.7 Å². The molecule has 1 fully saturated rings. The molecule has 1 heterocycles. The summed E-state index contributed by atoms with van der Waals surface area (Å²) in [6, 6.07) is 4.07. The lowest BCUT2D eigenvalue weighted by atomic mass is 10.1. The molecular weight excluding hydrogens is 371 g/mol. The number of ether oxygens (including phenoxy) is 1. The quantitative estimate of drug-likeness (QED) is 0.826. The molecule has 0 radical (unpaired) electrons. The highest BCUT2D eigenvalue weighted by atomic mass is 79.9. The molecule has 0 aromatic heterocycles. The van der Waals surface area contributed by atoms with Crippen molar-refractivity contribution in [2.45, 2.75) is 6.10 Å². The maximum absolute atomic E-state index is 13.4. The highest BCUT2D eigenvalue weighted by Gasteiger charge is 2.26. The van der Waals surface area contributed by atoms with E-state index in [9.17, 15) is 14.0 Å². The Morgan fingerprint density at radius 2 is 2.22 bits per heavy atom. The Labute approximate surface area is 141 Å². The van der Waals surface area contributed by atoms with Crippen molar-refractivity contribution in [1.29, 1.82) is 0 Å². The lowest BCUT2D eigenvalue weighted by molar-refractivity contribution is -0.138. The summed E-state index contributed by atoms with van der Waals surface area (Å²) in [6.45, 7) is 1.45. The van der Waals surface area contributed by atoms with E-state index in [2.05, 4.69) is 15.9 Å². The number of rotatable bonds is 5. The van der Waals surface area contributed by atoms with Crippen molar-refractivity contribution in [2.75, 3.05) is 39.8 Å². The fourth-order valence-electron chi connectivity index (χ4n) is 2.52. The van der Waals surface area contributed by atoms with Crippen LogP contribution in [0.2, 0.25) is 0 Å². The number of morpholine rings is 1. The molecule has 1 aromatic carbocycles. The maximum atomic E-state index is 13.4. The topological polar surface area (TPSA) is 70.1 Å². The second kappa shape index (κ2) is 7.85. The molecule has 1 atom stereocenters. The molecule has 2 rings (SSSR count). The number of hydrogen-bond donors (Lipinski definition) is 1. The number of carbonyl (C=O) groups is 2. The van der Waals surface area contributed by atoms with Crippen molar-refractivity contribution >= 4 is 27.8 Å². The van der Waals surface area contributed by atoms with Crippen LogP contribution in [-0.2, 0) is 9.53 Å². The SMILES string of the molecule is CN(CC(=O)O)C[C@H]1CN(C(=O)c2cc(F)cc(Br)c2)CCO1. The summed E-state index contributed by atoms with van der Waals surface area (Å²) in [6.07, 6.45) is -0.269. The molecular formula is C15H18BrFN2O4. The van der Waals surface area contributed by atoms with Gasteiger partial charge in [-0.25, -0.2) is 4.39 Å². The average molecular weight is 389 g/mol. The van der Waals surface area contributed by atoms with Crippen molar-refractivity contribution in [1.82, 2.24) is 9.80 Å². The molecule has 6 nitrogen and oxygen atoms in total. The largest absolute Gasteiger partial charge is 0.480 e. The molecule has 1 aliphatic heterocycles. The van der Waals surface area contributed by atoms with Crippen LogP contribution in [0.25, 0.3) is 0 Å². The molecule has 8 heteroatoms. The fraction of sp³-hybridized carbons (Fsp3) is 0.467. The van der Waals surface area contributed by atoms with E-state index in [0.717, 1.165) is 0 Å². The summed E-state index contributed by atoms with van der Waals surface area (Å²) < 4.78 is 19.5. The molecule has 0 aliphatic carbocycles. The van der Waals surface area contributed by atoms with E-state index < -0.39 is 11.8 Å². The Balaban J connectivity index is 2.00. The molecule has 126 valence electrons. The number of benzene rings is 1. The minimum Gasteiger partial charge on any atom is -0.480 e. The Hall–Kier alpha value is -1.51.